The number of hydrogen-bond acceptors (Lipinski definition) is 3. The quantitative estimate of drug-likeness (QED) is 0.578. The van der Waals surface area contributed by atoms with Gasteiger partial charge in [0.05, 0.1) is 18.1 Å². The number of rotatable bonds is 2. The zero-order valence-electron chi connectivity index (χ0n) is 11.5. The highest BCUT2D eigenvalue weighted by Gasteiger charge is 2.05. The minimum atomic E-state index is -0.329. The van der Waals surface area contributed by atoms with Gasteiger partial charge in [-0.05, 0) is 36.8 Å². The number of imidazole rings is 1. The lowest BCUT2D eigenvalue weighted by atomic mass is 10.2. The van der Waals surface area contributed by atoms with Crippen LogP contribution in [0.25, 0.3) is 5.65 Å². The van der Waals surface area contributed by atoms with Crippen molar-refractivity contribution in [2.75, 3.05) is 5.73 Å². The van der Waals surface area contributed by atoms with Crippen molar-refractivity contribution in [1.82, 2.24) is 9.38 Å². The maximum Gasteiger partial charge on any atom is 0.277 e. The number of fused-ring (bicyclic) bond motifs is 1. The average Bonchev–Trinajstić information content (AvgIpc) is 2.87. The van der Waals surface area contributed by atoms with E-state index in [1.54, 1.807) is 30.5 Å². The Morgan fingerprint density at radius 2 is 2.19 bits per heavy atom. The zero-order valence-corrected chi connectivity index (χ0v) is 11.5. The van der Waals surface area contributed by atoms with Crippen LogP contribution in [0.4, 0.5) is 5.69 Å². The molecule has 2 aromatic heterocycles. The number of aromatic nitrogens is 2. The number of amides is 1. The highest BCUT2D eigenvalue weighted by molar-refractivity contribution is 6.01. The average molecular weight is 278 g/mol. The number of carbonyl (C=O) groups excluding carboxylic acids is 1. The molecule has 0 bridgehead atoms. The fourth-order valence-electron chi connectivity index (χ4n) is 2.07. The van der Waals surface area contributed by atoms with Gasteiger partial charge < -0.3 is 5.73 Å². The molecule has 1 aromatic carbocycles. The summed E-state index contributed by atoms with van der Waals surface area (Å²) in [6.07, 6.45) is 5.16. The van der Waals surface area contributed by atoms with Gasteiger partial charge in [0, 0.05) is 17.4 Å². The Bertz CT molecular complexity index is 848. The fraction of sp³-hybridized carbons (Fsp3) is 0.0625. The van der Waals surface area contributed by atoms with E-state index >= 15 is 0 Å². The molecule has 3 rings (SSSR count). The number of nitrogens with zero attached hydrogens (tertiary/aromatic N) is 3. The van der Waals surface area contributed by atoms with Crippen LogP contribution in [0.15, 0.2) is 53.8 Å². The van der Waals surface area contributed by atoms with Gasteiger partial charge in [0.15, 0.2) is 0 Å². The van der Waals surface area contributed by atoms with E-state index in [4.69, 9.17) is 5.73 Å². The summed E-state index contributed by atoms with van der Waals surface area (Å²) < 4.78 is 1.89. The van der Waals surface area contributed by atoms with Crippen molar-refractivity contribution >= 4 is 23.5 Å². The molecule has 0 aliphatic heterocycles. The first kappa shape index (κ1) is 13.1. The van der Waals surface area contributed by atoms with Crippen LogP contribution in [0.1, 0.15) is 21.6 Å². The molecular formula is C16H14N4O. The molecule has 0 unspecified atom stereocenters. The van der Waals surface area contributed by atoms with Crippen LogP contribution >= 0.6 is 0 Å². The van der Waals surface area contributed by atoms with Gasteiger partial charge in [-0.2, -0.15) is 0 Å². The third-order valence-electron chi connectivity index (χ3n) is 3.13. The van der Waals surface area contributed by atoms with Crippen LogP contribution < -0.4 is 5.73 Å². The van der Waals surface area contributed by atoms with Gasteiger partial charge in [-0.15, -0.1) is 0 Å². The number of carbonyl (C=O) groups is 1. The Morgan fingerprint density at radius 1 is 1.33 bits per heavy atom. The predicted molar refractivity (Wildman–Crippen MR) is 82.7 cm³/mol. The van der Waals surface area contributed by atoms with Crippen LogP contribution in [0.3, 0.4) is 0 Å². The molecule has 0 spiro atoms. The third-order valence-corrected chi connectivity index (χ3v) is 3.13. The van der Waals surface area contributed by atoms with Crippen LogP contribution in [-0.4, -0.2) is 21.5 Å². The Labute approximate surface area is 121 Å². The van der Waals surface area contributed by atoms with E-state index in [0.29, 0.717) is 11.3 Å². The van der Waals surface area contributed by atoms with Crippen molar-refractivity contribution in [2.45, 2.75) is 6.92 Å². The molecule has 3 aromatic rings. The summed E-state index contributed by atoms with van der Waals surface area (Å²) >= 11 is 0. The van der Waals surface area contributed by atoms with Crippen molar-refractivity contribution in [3.8, 4) is 0 Å². The molecule has 1 amide bonds. The molecule has 2 heterocycles. The summed E-state index contributed by atoms with van der Waals surface area (Å²) in [5.74, 6) is -0.329. The lowest BCUT2D eigenvalue weighted by Gasteiger charge is -1.99. The summed E-state index contributed by atoms with van der Waals surface area (Å²) in [5, 5.41) is 0. The van der Waals surface area contributed by atoms with Gasteiger partial charge in [-0.25, -0.2) is 9.98 Å². The maximum absolute atomic E-state index is 12.0. The lowest BCUT2D eigenvalue weighted by molar-refractivity contribution is 0.100. The molecule has 0 fully saturated rings. The topological polar surface area (TPSA) is 72.8 Å². The first-order valence-corrected chi connectivity index (χ1v) is 6.51. The molecule has 2 N–H and O–H groups in total. The number of aliphatic imine (C=N–C) groups is 1. The number of nitrogen functional groups attached to an aromatic ring is 1. The molecule has 21 heavy (non-hydrogen) atoms. The van der Waals surface area contributed by atoms with E-state index < -0.39 is 0 Å². The minimum Gasteiger partial charge on any atom is -0.399 e. The SMILES string of the molecule is Cc1ccc2ncc(/C=N/C(=O)c3cccc(N)c3)n2c1. The van der Waals surface area contributed by atoms with Crippen molar-refractivity contribution in [3.05, 3.63) is 65.6 Å². The van der Waals surface area contributed by atoms with Crippen molar-refractivity contribution in [2.24, 2.45) is 4.99 Å². The van der Waals surface area contributed by atoms with Gasteiger partial charge >= 0.3 is 0 Å². The number of nitrogens with two attached hydrogens (primary N) is 1. The molecule has 0 saturated carbocycles. The molecule has 104 valence electrons. The van der Waals surface area contributed by atoms with Crippen LogP contribution in [-0.2, 0) is 0 Å². The van der Waals surface area contributed by atoms with Gasteiger partial charge in [0.2, 0.25) is 0 Å². The van der Waals surface area contributed by atoms with Crippen molar-refractivity contribution in [3.63, 3.8) is 0 Å². The summed E-state index contributed by atoms with van der Waals surface area (Å²) in [6, 6.07) is 10.7. The van der Waals surface area contributed by atoms with Gasteiger partial charge in [-0.3, -0.25) is 9.20 Å². The van der Waals surface area contributed by atoms with E-state index in [0.717, 1.165) is 16.9 Å². The Morgan fingerprint density at radius 3 is 3.00 bits per heavy atom. The predicted octanol–water partition coefficient (Wildman–Crippen LogP) is 2.48. The van der Waals surface area contributed by atoms with Crippen LogP contribution in [0, 0.1) is 6.92 Å². The maximum atomic E-state index is 12.0. The van der Waals surface area contributed by atoms with E-state index in [2.05, 4.69) is 9.98 Å². The highest BCUT2D eigenvalue weighted by Crippen LogP contribution is 2.09. The monoisotopic (exact) mass is 278 g/mol. The van der Waals surface area contributed by atoms with E-state index in [1.165, 1.54) is 6.21 Å². The second-order valence-electron chi connectivity index (χ2n) is 4.81. The number of benzene rings is 1. The van der Waals surface area contributed by atoms with Crippen molar-refractivity contribution < 1.29 is 4.79 Å². The molecule has 5 nitrogen and oxygen atoms in total. The number of aryl methyl sites for hydroxylation is 1. The zero-order chi connectivity index (χ0) is 14.8. The molecule has 0 aliphatic rings. The van der Waals surface area contributed by atoms with E-state index in [9.17, 15) is 4.79 Å². The van der Waals surface area contributed by atoms with Crippen molar-refractivity contribution in [1.29, 1.82) is 0 Å². The first-order chi connectivity index (χ1) is 10.1. The second kappa shape index (κ2) is 5.20. The summed E-state index contributed by atoms with van der Waals surface area (Å²) in [7, 11) is 0. The molecule has 0 saturated heterocycles. The summed E-state index contributed by atoms with van der Waals surface area (Å²) in [4.78, 5) is 20.3. The van der Waals surface area contributed by atoms with Crippen LogP contribution in [0.5, 0.6) is 0 Å². The Kier molecular flexibility index (Phi) is 3.23. The van der Waals surface area contributed by atoms with Gasteiger partial charge in [-0.1, -0.05) is 12.1 Å². The van der Waals surface area contributed by atoms with Gasteiger partial charge in [0.25, 0.3) is 5.91 Å². The molecule has 5 heteroatoms. The fourth-order valence-corrected chi connectivity index (χ4v) is 2.07. The Hall–Kier alpha value is -2.95. The summed E-state index contributed by atoms with van der Waals surface area (Å²) in [5.41, 5.74) is 9.35. The van der Waals surface area contributed by atoms with Crippen LogP contribution in [0.2, 0.25) is 0 Å². The second-order valence-corrected chi connectivity index (χ2v) is 4.81. The standard InChI is InChI=1S/C16H14N4O/c1-11-5-6-15-18-8-14(20(15)10-11)9-19-16(21)12-3-2-4-13(17)7-12/h2-10H,17H2,1H3/b19-9+. The van der Waals surface area contributed by atoms with E-state index in [1.807, 2.05) is 29.7 Å². The first-order valence-electron chi connectivity index (χ1n) is 6.51. The summed E-state index contributed by atoms with van der Waals surface area (Å²) in [6.45, 7) is 2.00. The Balaban J connectivity index is 1.91. The normalized spacial score (nSPS) is 11.3. The smallest absolute Gasteiger partial charge is 0.277 e. The number of pyridine rings is 1. The molecule has 0 atom stereocenters. The highest BCUT2D eigenvalue weighted by atomic mass is 16.1. The largest absolute Gasteiger partial charge is 0.399 e. The van der Waals surface area contributed by atoms with E-state index in [-0.39, 0.29) is 5.91 Å². The lowest BCUT2D eigenvalue weighted by Crippen LogP contribution is -1.99. The molecule has 0 aliphatic carbocycles. The molecule has 0 radical (unpaired) electrons. The molecular weight excluding hydrogens is 264 g/mol. The minimum absolute atomic E-state index is 0.329. The number of hydrogen-bond donors (Lipinski definition) is 1. The number of anilines is 1. The van der Waals surface area contributed by atoms with Gasteiger partial charge in [0.1, 0.15) is 5.65 Å². The third kappa shape index (κ3) is 2.67.